The van der Waals surface area contributed by atoms with Gasteiger partial charge in [-0.2, -0.15) is 5.26 Å². The Labute approximate surface area is 85.1 Å². The van der Waals surface area contributed by atoms with Crippen LogP contribution in [0.25, 0.3) is 0 Å². The number of benzene rings is 1. The van der Waals surface area contributed by atoms with E-state index in [0.717, 1.165) is 11.3 Å². The lowest BCUT2D eigenvalue weighted by atomic mass is 9.90. The average molecular weight is 189 g/mol. The molecule has 0 heterocycles. The second-order valence-corrected chi connectivity index (χ2v) is 3.62. The van der Waals surface area contributed by atoms with Gasteiger partial charge in [0.2, 0.25) is 0 Å². The maximum atomic E-state index is 9.00. The van der Waals surface area contributed by atoms with Gasteiger partial charge in [0.25, 0.3) is 0 Å². The van der Waals surface area contributed by atoms with Crippen LogP contribution in [0.15, 0.2) is 24.3 Å². The Morgan fingerprint density at radius 3 is 2.14 bits per heavy atom. The van der Waals surface area contributed by atoms with Crippen LogP contribution in [0, 0.1) is 17.2 Å². The number of nitriles is 1. The fourth-order valence-corrected chi connectivity index (χ4v) is 1.42. The monoisotopic (exact) mass is 189 g/mol. The molecular formula is C12H15NO. The third-order valence-corrected chi connectivity index (χ3v) is 2.28. The van der Waals surface area contributed by atoms with Crippen molar-refractivity contribution >= 4 is 0 Å². The third-order valence-electron chi connectivity index (χ3n) is 2.28. The zero-order valence-corrected chi connectivity index (χ0v) is 8.82. The quantitative estimate of drug-likeness (QED) is 0.732. The molecule has 0 aliphatic rings. The first-order valence-electron chi connectivity index (χ1n) is 4.72. The Morgan fingerprint density at radius 1 is 1.21 bits per heavy atom. The fraction of sp³-hybridized carbons (Fsp3) is 0.417. The lowest BCUT2D eigenvalue weighted by molar-refractivity contribution is 0.414. The summed E-state index contributed by atoms with van der Waals surface area (Å²) in [5, 5.41) is 9.00. The van der Waals surface area contributed by atoms with Crippen molar-refractivity contribution in [2.45, 2.75) is 19.8 Å². The molecule has 0 spiro atoms. The minimum atomic E-state index is -0.0269. The molecule has 1 atom stereocenters. The number of methoxy groups -OCH3 is 1. The van der Waals surface area contributed by atoms with Gasteiger partial charge in [-0.25, -0.2) is 0 Å². The molecule has 0 aliphatic carbocycles. The topological polar surface area (TPSA) is 33.0 Å². The molecule has 2 heteroatoms. The van der Waals surface area contributed by atoms with Gasteiger partial charge >= 0.3 is 0 Å². The van der Waals surface area contributed by atoms with Gasteiger partial charge in [-0.05, 0) is 23.6 Å². The molecule has 0 radical (unpaired) electrons. The molecule has 1 aromatic carbocycles. The highest BCUT2D eigenvalue weighted by molar-refractivity contribution is 5.32. The number of rotatable bonds is 3. The SMILES string of the molecule is COc1ccc([C@H](C#N)C(C)C)cc1. The Kier molecular flexibility index (Phi) is 3.53. The van der Waals surface area contributed by atoms with Crippen molar-refractivity contribution < 1.29 is 4.74 Å². The molecule has 2 nitrogen and oxygen atoms in total. The predicted octanol–water partition coefficient (Wildman–Crippen LogP) is 2.96. The maximum absolute atomic E-state index is 9.00. The first kappa shape index (κ1) is 10.6. The Bertz CT molecular complexity index is 321. The predicted molar refractivity (Wildman–Crippen MR) is 56.2 cm³/mol. The van der Waals surface area contributed by atoms with E-state index in [1.807, 2.05) is 24.3 Å². The summed E-state index contributed by atoms with van der Waals surface area (Å²) >= 11 is 0. The normalized spacial score (nSPS) is 12.2. The zero-order valence-electron chi connectivity index (χ0n) is 8.82. The summed E-state index contributed by atoms with van der Waals surface area (Å²) in [7, 11) is 1.64. The molecule has 0 saturated heterocycles. The van der Waals surface area contributed by atoms with Crippen LogP contribution >= 0.6 is 0 Å². The number of hydrogen-bond acceptors (Lipinski definition) is 2. The van der Waals surface area contributed by atoms with Gasteiger partial charge in [0.15, 0.2) is 0 Å². The van der Waals surface area contributed by atoms with Gasteiger partial charge in [0.05, 0.1) is 19.1 Å². The van der Waals surface area contributed by atoms with Crippen molar-refractivity contribution in [1.82, 2.24) is 0 Å². The summed E-state index contributed by atoms with van der Waals surface area (Å²) in [4.78, 5) is 0. The second-order valence-electron chi connectivity index (χ2n) is 3.62. The minimum absolute atomic E-state index is 0.0269. The van der Waals surface area contributed by atoms with E-state index in [9.17, 15) is 0 Å². The Morgan fingerprint density at radius 2 is 1.79 bits per heavy atom. The average Bonchev–Trinajstić information content (AvgIpc) is 2.19. The largest absolute Gasteiger partial charge is 0.497 e. The minimum Gasteiger partial charge on any atom is -0.497 e. The maximum Gasteiger partial charge on any atom is 0.118 e. The highest BCUT2D eigenvalue weighted by Gasteiger charge is 2.14. The van der Waals surface area contributed by atoms with Crippen LogP contribution < -0.4 is 4.74 Å². The summed E-state index contributed by atoms with van der Waals surface area (Å²) in [5.41, 5.74) is 1.06. The van der Waals surface area contributed by atoms with Crippen LogP contribution in [0.5, 0.6) is 5.75 Å². The number of ether oxygens (including phenoxy) is 1. The zero-order chi connectivity index (χ0) is 10.6. The van der Waals surface area contributed by atoms with E-state index >= 15 is 0 Å². The first-order chi connectivity index (χ1) is 6.69. The van der Waals surface area contributed by atoms with E-state index in [2.05, 4.69) is 19.9 Å². The molecular weight excluding hydrogens is 174 g/mol. The summed E-state index contributed by atoms with van der Waals surface area (Å²) < 4.78 is 5.06. The van der Waals surface area contributed by atoms with Crippen LogP contribution in [-0.4, -0.2) is 7.11 Å². The fourth-order valence-electron chi connectivity index (χ4n) is 1.42. The second kappa shape index (κ2) is 4.66. The standard InChI is InChI=1S/C12H15NO/c1-9(2)12(8-13)10-4-6-11(14-3)7-5-10/h4-7,9,12H,1-3H3/t12-/m1/s1. The summed E-state index contributed by atoms with van der Waals surface area (Å²) in [6.45, 7) is 4.11. The molecule has 0 fully saturated rings. The van der Waals surface area contributed by atoms with Crippen molar-refractivity contribution in [3.05, 3.63) is 29.8 Å². The van der Waals surface area contributed by atoms with Crippen molar-refractivity contribution in [3.63, 3.8) is 0 Å². The van der Waals surface area contributed by atoms with E-state index in [1.165, 1.54) is 0 Å². The number of hydrogen-bond donors (Lipinski definition) is 0. The van der Waals surface area contributed by atoms with Crippen LogP contribution in [0.3, 0.4) is 0 Å². The van der Waals surface area contributed by atoms with Crippen molar-refractivity contribution in [2.24, 2.45) is 5.92 Å². The molecule has 0 bridgehead atoms. The van der Waals surface area contributed by atoms with Crippen molar-refractivity contribution in [3.8, 4) is 11.8 Å². The lowest BCUT2D eigenvalue weighted by Gasteiger charge is -2.13. The van der Waals surface area contributed by atoms with Crippen LogP contribution in [-0.2, 0) is 0 Å². The number of nitrogens with zero attached hydrogens (tertiary/aromatic N) is 1. The molecule has 1 rings (SSSR count). The van der Waals surface area contributed by atoms with Crippen LogP contribution in [0.1, 0.15) is 25.3 Å². The van der Waals surface area contributed by atoms with Gasteiger partial charge in [0.1, 0.15) is 5.75 Å². The van der Waals surface area contributed by atoms with Gasteiger partial charge in [-0.3, -0.25) is 0 Å². The molecule has 0 aromatic heterocycles. The third kappa shape index (κ3) is 2.26. The summed E-state index contributed by atoms with van der Waals surface area (Å²) in [5.74, 6) is 1.14. The molecule has 74 valence electrons. The Balaban J connectivity index is 2.91. The molecule has 0 aliphatic heterocycles. The molecule has 0 saturated carbocycles. The van der Waals surface area contributed by atoms with Crippen LogP contribution in [0.4, 0.5) is 0 Å². The Hall–Kier alpha value is -1.49. The van der Waals surface area contributed by atoms with E-state index < -0.39 is 0 Å². The first-order valence-corrected chi connectivity index (χ1v) is 4.72. The van der Waals surface area contributed by atoms with E-state index in [0.29, 0.717) is 5.92 Å². The van der Waals surface area contributed by atoms with E-state index in [1.54, 1.807) is 7.11 Å². The van der Waals surface area contributed by atoms with E-state index in [-0.39, 0.29) is 5.92 Å². The molecule has 0 amide bonds. The van der Waals surface area contributed by atoms with Crippen molar-refractivity contribution in [2.75, 3.05) is 7.11 Å². The van der Waals surface area contributed by atoms with Gasteiger partial charge in [-0.15, -0.1) is 0 Å². The highest BCUT2D eigenvalue weighted by atomic mass is 16.5. The molecule has 0 N–H and O–H groups in total. The van der Waals surface area contributed by atoms with Crippen LogP contribution in [0.2, 0.25) is 0 Å². The van der Waals surface area contributed by atoms with Gasteiger partial charge in [-0.1, -0.05) is 26.0 Å². The lowest BCUT2D eigenvalue weighted by Crippen LogP contribution is -2.03. The van der Waals surface area contributed by atoms with Crippen molar-refractivity contribution in [1.29, 1.82) is 5.26 Å². The molecule has 0 unspecified atom stereocenters. The summed E-state index contributed by atoms with van der Waals surface area (Å²) in [6, 6.07) is 10.00. The molecule has 1 aromatic rings. The summed E-state index contributed by atoms with van der Waals surface area (Å²) in [6.07, 6.45) is 0. The van der Waals surface area contributed by atoms with Gasteiger partial charge in [0, 0.05) is 0 Å². The van der Waals surface area contributed by atoms with E-state index in [4.69, 9.17) is 10.00 Å². The smallest absolute Gasteiger partial charge is 0.118 e. The highest BCUT2D eigenvalue weighted by Crippen LogP contribution is 2.25. The molecule has 14 heavy (non-hydrogen) atoms. The van der Waals surface area contributed by atoms with Gasteiger partial charge < -0.3 is 4.74 Å².